The number of rotatable bonds is 4. The van der Waals surface area contributed by atoms with E-state index in [1.807, 2.05) is 20.8 Å². The van der Waals surface area contributed by atoms with Gasteiger partial charge in [0.05, 0.1) is 5.69 Å². The van der Waals surface area contributed by atoms with Crippen molar-refractivity contribution in [2.75, 3.05) is 5.32 Å². The average Bonchev–Trinajstić information content (AvgIpc) is 2.70. The fourth-order valence-corrected chi connectivity index (χ4v) is 2.34. The highest BCUT2D eigenvalue weighted by Crippen LogP contribution is 2.32. The van der Waals surface area contributed by atoms with E-state index in [0.717, 1.165) is 17.4 Å². The number of anilines is 1. The first-order valence-electron chi connectivity index (χ1n) is 5.58. The van der Waals surface area contributed by atoms with E-state index >= 15 is 0 Å². The third-order valence-corrected chi connectivity index (χ3v) is 3.10. The molecule has 0 saturated carbocycles. The third kappa shape index (κ3) is 4.16. The van der Waals surface area contributed by atoms with Gasteiger partial charge in [-0.2, -0.15) is 0 Å². The summed E-state index contributed by atoms with van der Waals surface area (Å²) in [4.78, 5) is 37.0. The fourth-order valence-electron chi connectivity index (χ4n) is 1.32. The largest absolute Gasteiger partial charge is 0.478 e. The Hall–Kier alpha value is -2.22. The van der Waals surface area contributed by atoms with Gasteiger partial charge >= 0.3 is 11.9 Å². The van der Waals surface area contributed by atoms with Crippen molar-refractivity contribution in [1.82, 2.24) is 4.98 Å². The van der Waals surface area contributed by atoms with Gasteiger partial charge in [-0.15, -0.1) is 0 Å². The summed E-state index contributed by atoms with van der Waals surface area (Å²) in [7, 11) is 0. The first kappa shape index (κ1) is 15.8. The number of hydrogen-bond donors (Lipinski definition) is 3. The van der Waals surface area contributed by atoms with Crippen molar-refractivity contribution in [1.29, 1.82) is 0 Å². The Morgan fingerprint density at radius 3 is 2.20 bits per heavy atom. The quantitative estimate of drug-likeness (QED) is 0.729. The highest BCUT2D eigenvalue weighted by Gasteiger charge is 2.27. The van der Waals surface area contributed by atoms with Crippen LogP contribution in [0, 0.1) is 0 Å². The summed E-state index contributed by atoms with van der Waals surface area (Å²) in [5, 5.41) is 20.0. The Morgan fingerprint density at radius 2 is 1.80 bits per heavy atom. The van der Waals surface area contributed by atoms with Gasteiger partial charge in [0, 0.05) is 17.6 Å². The van der Waals surface area contributed by atoms with Gasteiger partial charge in [-0.05, 0) is 0 Å². The van der Waals surface area contributed by atoms with Crippen molar-refractivity contribution in [3.05, 3.63) is 22.7 Å². The number of thiazole rings is 1. The zero-order chi connectivity index (χ0) is 15.5. The molecule has 1 amide bonds. The minimum atomic E-state index is -1.25. The van der Waals surface area contributed by atoms with E-state index in [9.17, 15) is 14.4 Å². The van der Waals surface area contributed by atoms with Gasteiger partial charge in [-0.1, -0.05) is 32.1 Å². The minimum absolute atomic E-state index is 0.0509. The van der Waals surface area contributed by atoms with Gasteiger partial charge < -0.3 is 10.2 Å². The van der Waals surface area contributed by atoms with E-state index in [0.29, 0.717) is 11.8 Å². The molecule has 0 saturated heterocycles. The number of carboxylic acids is 2. The first-order valence-corrected chi connectivity index (χ1v) is 6.39. The van der Waals surface area contributed by atoms with Crippen LogP contribution in [0.15, 0.2) is 12.2 Å². The van der Waals surface area contributed by atoms with E-state index < -0.39 is 23.3 Å². The van der Waals surface area contributed by atoms with Crippen molar-refractivity contribution in [3.63, 3.8) is 0 Å². The molecule has 7 nitrogen and oxygen atoms in total. The Balaban J connectivity index is 3.01. The fraction of sp³-hybridized carbons (Fsp3) is 0.333. The third-order valence-electron chi connectivity index (χ3n) is 2.14. The molecule has 1 heterocycles. The van der Waals surface area contributed by atoms with Gasteiger partial charge in [0.1, 0.15) is 4.88 Å². The Morgan fingerprint density at radius 1 is 1.20 bits per heavy atom. The van der Waals surface area contributed by atoms with Gasteiger partial charge in [0.15, 0.2) is 5.13 Å². The van der Waals surface area contributed by atoms with Crippen LogP contribution in [0.5, 0.6) is 0 Å². The summed E-state index contributed by atoms with van der Waals surface area (Å²) >= 11 is 0.833. The summed E-state index contributed by atoms with van der Waals surface area (Å²) in [6.07, 6.45) is 1.52. The Kier molecular flexibility index (Phi) is 4.61. The van der Waals surface area contributed by atoms with Crippen LogP contribution in [0.1, 0.15) is 36.1 Å². The van der Waals surface area contributed by atoms with E-state index in [1.54, 1.807) is 0 Å². The number of aliphatic carboxylic acids is 1. The second-order valence-electron chi connectivity index (χ2n) is 4.91. The van der Waals surface area contributed by atoms with Crippen LogP contribution in [0.3, 0.4) is 0 Å². The monoisotopic (exact) mass is 298 g/mol. The molecule has 0 aromatic carbocycles. The topological polar surface area (TPSA) is 117 Å². The molecule has 108 valence electrons. The van der Waals surface area contributed by atoms with Gasteiger partial charge in [0.2, 0.25) is 5.91 Å². The standard InChI is InChI=1S/C12H14N2O5S/c1-12(2,3)9-8(10(18)19)20-11(14-9)13-6(15)4-5-7(16)17/h4-5H,1-3H3,(H,16,17)(H,18,19)(H,13,14,15)/b5-4+. The lowest BCUT2D eigenvalue weighted by molar-refractivity contribution is -0.131. The van der Waals surface area contributed by atoms with Crippen LogP contribution in [0.4, 0.5) is 5.13 Å². The summed E-state index contributed by atoms with van der Waals surface area (Å²) in [5.74, 6) is -3.05. The van der Waals surface area contributed by atoms with E-state index in [2.05, 4.69) is 10.3 Å². The molecule has 0 aliphatic rings. The van der Waals surface area contributed by atoms with E-state index in [-0.39, 0.29) is 10.0 Å². The summed E-state index contributed by atoms with van der Waals surface area (Å²) in [6, 6.07) is 0. The number of carbonyl (C=O) groups is 3. The maximum Gasteiger partial charge on any atom is 0.347 e. The second kappa shape index (κ2) is 5.83. The minimum Gasteiger partial charge on any atom is -0.478 e. The lowest BCUT2D eigenvalue weighted by Gasteiger charge is -2.15. The van der Waals surface area contributed by atoms with E-state index in [4.69, 9.17) is 10.2 Å². The lowest BCUT2D eigenvalue weighted by Crippen LogP contribution is -2.16. The van der Waals surface area contributed by atoms with Crippen molar-refractivity contribution >= 4 is 34.3 Å². The molecule has 0 aliphatic heterocycles. The predicted molar refractivity (Wildman–Crippen MR) is 73.2 cm³/mol. The van der Waals surface area contributed by atoms with Gasteiger partial charge in [-0.3, -0.25) is 10.1 Å². The van der Waals surface area contributed by atoms with Crippen LogP contribution in [-0.4, -0.2) is 33.0 Å². The zero-order valence-electron chi connectivity index (χ0n) is 11.1. The SMILES string of the molecule is CC(C)(C)c1nc(NC(=O)/C=C/C(=O)O)sc1C(=O)O. The number of carbonyl (C=O) groups excluding carboxylic acids is 1. The summed E-state index contributed by atoms with van der Waals surface area (Å²) in [6.45, 7) is 5.43. The number of aromatic nitrogens is 1. The molecule has 0 radical (unpaired) electrons. The van der Waals surface area contributed by atoms with Crippen LogP contribution in [-0.2, 0) is 15.0 Å². The normalized spacial score (nSPS) is 11.6. The highest BCUT2D eigenvalue weighted by atomic mass is 32.1. The number of hydrogen-bond acceptors (Lipinski definition) is 5. The molecule has 1 aromatic rings. The highest BCUT2D eigenvalue weighted by molar-refractivity contribution is 7.17. The molecule has 1 rings (SSSR count). The molecular weight excluding hydrogens is 284 g/mol. The second-order valence-corrected chi connectivity index (χ2v) is 5.91. The molecule has 0 spiro atoms. The molecule has 0 fully saturated rings. The number of aromatic carboxylic acids is 1. The molecule has 0 atom stereocenters. The first-order chi connectivity index (χ1) is 9.11. The average molecular weight is 298 g/mol. The maximum atomic E-state index is 11.4. The Bertz CT molecular complexity index is 583. The summed E-state index contributed by atoms with van der Waals surface area (Å²) in [5.41, 5.74) is -0.114. The van der Waals surface area contributed by atoms with Gasteiger partial charge in [-0.25, -0.2) is 14.6 Å². The van der Waals surface area contributed by atoms with Crippen LogP contribution in [0.2, 0.25) is 0 Å². The molecular formula is C12H14N2O5S. The van der Waals surface area contributed by atoms with Crippen LogP contribution < -0.4 is 5.32 Å². The molecule has 0 unspecified atom stereocenters. The van der Waals surface area contributed by atoms with Crippen molar-refractivity contribution < 1.29 is 24.6 Å². The molecule has 3 N–H and O–H groups in total. The van der Waals surface area contributed by atoms with Crippen molar-refractivity contribution in [2.24, 2.45) is 0 Å². The van der Waals surface area contributed by atoms with Crippen molar-refractivity contribution in [2.45, 2.75) is 26.2 Å². The van der Waals surface area contributed by atoms with E-state index in [1.165, 1.54) is 0 Å². The molecule has 0 bridgehead atoms. The molecule has 20 heavy (non-hydrogen) atoms. The smallest absolute Gasteiger partial charge is 0.347 e. The zero-order valence-corrected chi connectivity index (χ0v) is 11.9. The van der Waals surface area contributed by atoms with Crippen LogP contribution >= 0.6 is 11.3 Å². The lowest BCUT2D eigenvalue weighted by atomic mass is 9.91. The van der Waals surface area contributed by atoms with Crippen molar-refractivity contribution in [3.8, 4) is 0 Å². The molecule has 0 aliphatic carbocycles. The number of nitrogens with zero attached hydrogens (tertiary/aromatic N) is 1. The molecule has 8 heteroatoms. The van der Waals surface area contributed by atoms with Gasteiger partial charge in [0.25, 0.3) is 0 Å². The maximum absolute atomic E-state index is 11.4. The van der Waals surface area contributed by atoms with Crippen LogP contribution in [0.25, 0.3) is 0 Å². The predicted octanol–water partition coefficient (Wildman–Crippen LogP) is 1.72. The summed E-state index contributed by atoms with van der Waals surface area (Å²) < 4.78 is 0. The number of nitrogens with one attached hydrogen (secondary N) is 1. The number of amides is 1. The Labute approximate surface area is 119 Å². The molecule has 1 aromatic heterocycles. The number of carboxylic acid groups (broad SMARTS) is 2.